The van der Waals surface area contributed by atoms with Crippen LogP contribution in [0.25, 0.3) is 21.9 Å². The van der Waals surface area contributed by atoms with E-state index in [1.165, 1.54) is 25.3 Å². The lowest BCUT2D eigenvalue weighted by molar-refractivity contribution is -0.116. The maximum Gasteiger partial charge on any atom is 0.387 e. The normalized spacial score (nSPS) is 11.0. The molecule has 8 nitrogen and oxygen atoms in total. The summed E-state index contributed by atoms with van der Waals surface area (Å²) in [7, 11) is 1.51. The van der Waals surface area contributed by atoms with Crippen LogP contribution in [-0.4, -0.2) is 29.4 Å². The fraction of sp³-hybridized carbons (Fsp3) is 0.160. The van der Waals surface area contributed by atoms with Gasteiger partial charge in [-0.25, -0.2) is 4.68 Å². The van der Waals surface area contributed by atoms with Gasteiger partial charge in [-0.05, 0) is 48.0 Å². The number of alkyl halides is 2. The van der Waals surface area contributed by atoms with Crippen molar-refractivity contribution in [3.8, 4) is 22.6 Å². The summed E-state index contributed by atoms with van der Waals surface area (Å²) in [4.78, 5) is 37.4. The fourth-order valence-electron chi connectivity index (χ4n) is 3.64. The van der Waals surface area contributed by atoms with Crippen LogP contribution in [0.4, 0.5) is 14.5 Å². The molecule has 1 aromatic heterocycles. The van der Waals surface area contributed by atoms with Gasteiger partial charge in [0.2, 0.25) is 5.91 Å². The Hall–Kier alpha value is -4.47. The summed E-state index contributed by atoms with van der Waals surface area (Å²) in [5.74, 6) is 0.106. The Morgan fingerprint density at radius 3 is 2.43 bits per heavy atom. The van der Waals surface area contributed by atoms with E-state index in [1.807, 2.05) is 0 Å². The second-order valence-electron chi connectivity index (χ2n) is 7.56. The van der Waals surface area contributed by atoms with Crippen LogP contribution >= 0.6 is 0 Å². The highest BCUT2D eigenvalue weighted by molar-refractivity contribution is 5.92. The molecule has 1 amide bonds. The van der Waals surface area contributed by atoms with Crippen molar-refractivity contribution < 1.29 is 23.0 Å². The molecule has 4 rings (SSSR count). The van der Waals surface area contributed by atoms with Crippen molar-refractivity contribution in [2.75, 3.05) is 12.4 Å². The minimum Gasteiger partial charge on any atom is -0.497 e. The number of H-pyrrole nitrogens is 1. The number of carbonyl (C=O) groups excluding carboxylic acids is 1. The zero-order chi connectivity index (χ0) is 24.9. The van der Waals surface area contributed by atoms with Crippen LogP contribution < -0.4 is 25.9 Å². The first-order valence-corrected chi connectivity index (χ1v) is 10.6. The van der Waals surface area contributed by atoms with E-state index in [4.69, 9.17) is 4.74 Å². The van der Waals surface area contributed by atoms with Crippen molar-refractivity contribution in [2.45, 2.75) is 19.6 Å². The van der Waals surface area contributed by atoms with E-state index >= 15 is 0 Å². The van der Waals surface area contributed by atoms with E-state index in [2.05, 4.69) is 15.2 Å². The maximum absolute atomic E-state index is 12.9. The molecule has 0 unspecified atom stereocenters. The highest BCUT2D eigenvalue weighted by Crippen LogP contribution is 2.34. The average Bonchev–Trinajstić information content (AvgIpc) is 2.86. The lowest BCUT2D eigenvalue weighted by Crippen LogP contribution is -2.31. The van der Waals surface area contributed by atoms with E-state index in [0.29, 0.717) is 22.6 Å². The first kappa shape index (κ1) is 23.7. The number of carbonyl (C=O) groups is 1. The third-order valence-electron chi connectivity index (χ3n) is 5.33. The van der Waals surface area contributed by atoms with Crippen molar-refractivity contribution in [2.24, 2.45) is 0 Å². The lowest BCUT2D eigenvalue weighted by atomic mass is 10.0. The Balaban J connectivity index is 1.53. The van der Waals surface area contributed by atoms with Crippen molar-refractivity contribution in [1.29, 1.82) is 0 Å². The van der Waals surface area contributed by atoms with Gasteiger partial charge in [-0.1, -0.05) is 24.3 Å². The number of fused-ring (bicyclic) bond motifs is 1. The minimum absolute atomic E-state index is 0.0524. The molecule has 4 aromatic rings. The molecule has 0 saturated carbocycles. The summed E-state index contributed by atoms with van der Waals surface area (Å²) < 4.78 is 36.6. The Bertz CT molecular complexity index is 1480. The molecule has 0 bridgehead atoms. The van der Waals surface area contributed by atoms with Crippen molar-refractivity contribution in [3.63, 3.8) is 0 Å². The average molecular weight is 481 g/mol. The molecule has 180 valence electrons. The number of halogens is 2. The number of benzene rings is 3. The van der Waals surface area contributed by atoms with Gasteiger partial charge in [-0.3, -0.25) is 19.5 Å². The van der Waals surface area contributed by atoms with Gasteiger partial charge in [-0.15, -0.1) is 0 Å². The largest absolute Gasteiger partial charge is 0.497 e. The molecule has 0 spiro atoms. The smallest absolute Gasteiger partial charge is 0.387 e. The number of hydrogen-bond acceptors (Lipinski definition) is 5. The van der Waals surface area contributed by atoms with Crippen LogP contribution in [0.1, 0.15) is 6.42 Å². The number of nitrogens with zero attached hydrogens (tertiary/aromatic N) is 1. The van der Waals surface area contributed by atoms with Gasteiger partial charge in [0.15, 0.2) is 0 Å². The van der Waals surface area contributed by atoms with Crippen LogP contribution in [0.5, 0.6) is 11.5 Å². The van der Waals surface area contributed by atoms with Crippen LogP contribution in [0.15, 0.2) is 76.3 Å². The Morgan fingerprint density at radius 1 is 1.03 bits per heavy atom. The number of aromatic amines is 1. The predicted octanol–water partition coefficient (Wildman–Crippen LogP) is 4.00. The van der Waals surface area contributed by atoms with Crippen LogP contribution in [0.2, 0.25) is 0 Å². The molecule has 3 aromatic carbocycles. The second kappa shape index (κ2) is 10.2. The number of aryl methyl sites for hydroxylation is 1. The quantitative estimate of drug-likeness (QED) is 0.396. The molecular weight excluding hydrogens is 460 g/mol. The van der Waals surface area contributed by atoms with E-state index in [-0.39, 0.29) is 29.5 Å². The zero-order valence-corrected chi connectivity index (χ0v) is 18.6. The molecule has 0 radical (unpaired) electrons. The summed E-state index contributed by atoms with van der Waals surface area (Å²) in [6.45, 7) is -3.07. The number of amides is 1. The van der Waals surface area contributed by atoms with Crippen LogP contribution in [0, 0.1) is 0 Å². The van der Waals surface area contributed by atoms with Crippen LogP contribution in [-0.2, 0) is 11.3 Å². The van der Waals surface area contributed by atoms with Crippen molar-refractivity contribution in [1.82, 2.24) is 9.78 Å². The first-order valence-electron chi connectivity index (χ1n) is 10.6. The van der Waals surface area contributed by atoms with E-state index in [1.54, 1.807) is 48.5 Å². The number of methoxy groups -OCH3 is 1. The maximum atomic E-state index is 12.9. The summed E-state index contributed by atoms with van der Waals surface area (Å²) >= 11 is 0. The predicted molar refractivity (Wildman–Crippen MR) is 127 cm³/mol. The summed E-state index contributed by atoms with van der Waals surface area (Å²) in [5.41, 5.74) is 0.433. The zero-order valence-electron chi connectivity index (χ0n) is 18.6. The van der Waals surface area contributed by atoms with Gasteiger partial charge < -0.3 is 14.8 Å². The van der Waals surface area contributed by atoms with Crippen LogP contribution in [0.3, 0.4) is 0 Å². The molecular formula is C25H21F2N3O5. The third kappa shape index (κ3) is 5.37. The molecule has 0 fully saturated rings. The lowest BCUT2D eigenvalue weighted by Gasteiger charge is -2.14. The number of aromatic nitrogens is 2. The Morgan fingerprint density at radius 2 is 1.74 bits per heavy atom. The number of hydrogen-bond donors (Lipinski definition) is 2. The summed E-state index contributed by atoms with van der Waals surface area (Å²) in [5, 5.41) is 5.69. The molecule has 1 heterocycles. The fourth-order valence-corrected chi connectivity index (χ4v) is 3.64. The van der Waals surface area contributed by atoms with E-state index in [9.17, 15) is 23.2 Å². The molecule has 0 aliphatic heterocycles. The first-order chi connectivity index (χ1) is 16.9. The van der Waals surface area contributed by atoms with Gasteiger partial charge in [-0.2, -0.15) is 8.78 Å². The monoisotopic (exact) mass is 481 g/mol. The Labute approximate surface area is 197 Å². The molecule has 0 atom stereocenters. The van der Waals surface area contributed by atoms with E-state index in [0.717, 1.165) is 4.68 Å². The Kier molecular flexibility index (Phi) is 6.91. The van der Waals surface area contributed by atoms with Crippen molar-refractivity contribution in [3.05, 3.63) is 87.4 Å². The molecule has 10 heteroatoms. The summed E-state index contributed by atoms with van der Waals surface area (Å²) in [6.07, 6.45) is -0.110. The highest BCUT2D eigenvalue weighted by Gasteiger charge is 2.14. The van der Waals surface area contributed by atoms with Crippen molar-refractivity contribution >= 4 is 22.4 Å². The second-order valence-corrected chi connectivity index (χ2v) is 7.56. The highest BCUT2D eigenvalue weighted by atomic mass is 19.3. The van der Waals surface area contributed by atoms with Gasteiger partial charge in [0.1, 0.15) is 11.5 Å². The molecule has 0 aliphatic carbocycles. The number of ether oxygens (including phenoxy) is 2. The van der Waals surface area contributed by atoms with Gasteiger partial charge in [0.05, 0.1) is 24.4 Å². The SMILES string of the molecule is COc1ccc(-c2cc(NC(=O)CCn3[nH]c(=O)c4ccccc4c3=O)ccc2OC(F)F)cc1. The summed E-state index contributed by atoms with van der Waals surface area (Å²) in [6, 6.07) is 17.4. The molecule has 0 aliphatic rings. The van der Waals surface area contributed by atoms with Gasteiger partial charge >= 0.3 is 6.61 Å². The molecule has 0 saturated heterocycles. The van der Waals surface area contributed by atoms with E-state index < -0.39 is 23.6 Å². The number of nitrogens with one attached hydrogen (secondary N) is 2. The van der Waals surface area contributed by atoms with Gasteiger partial charge in [0.25, 0.3) is 11.1 Å². The molecule has 35 heavy (non-hydrogen) atoms. The number of rotatable bonds is 8. The molecule has 2 N–H and O–H groups in total. The third-order valence-corrected chi connectivity index (χ3v) is 5.33. The minimum atomic E-state index is -3.02. The van der Waals surface area contributed by atoms with Gasteiger partial charge in [0, 0.05) is 17.7 Å². The standard InChI is InChI=1S/C25H21F2N3O5/c1-34-17-9-6-15(7-10-17)20-14-16(8-11-21(20)35-25(26)27)28-22(31)12-13-30-24(33)19-5-3-2-4-18(19)23(32)29-30/h2-11,14,25H,12-13H2,1H3,(H,28,31)(H,29,32). The topological polar surface area (TPSA) is 102 Å². The number of anilines is 1.